The van der Waals surface area contributed by atoms with E-state index in [0.717, 1.165) is 31.4 Å². The number of rotatable bonds is 3. The molecule has 1 saturated heterocycles. The predicted octanol–water partition coefficient (Wildman–Crippen LogP) is 4.42. The van der Waals surface area contributed by atoms with Gasteiger partial charge >= 0.3 is 12.1 Å². The summed E-state index contributed by atoms with van der Waals surface area (Å²) in [5.41, 5.74) is 1.13. The van der Waals surface area contributed by atoms with Crippen LogP contribution >= 0.6 is 0 Å². The van der Waals surface area contributed by atoms with Gasteiger partial charge in [0.05, 0.1) is 42.2 Å². The Morgan fingerprint density at radius 1 is 1.18 bits per heavy atom. The van der Waals surface area contributed by atoms with Crippen molar-refractivity contribution in [2.45, 2.75) is 57.8 Å². The zero-order valence-electron chi connectivity index (χ0n) is 18.2. The number of carbonyl (C=O) groups is 2. The summed E-state index contributed by atoms with van der Waals surface area (Å²) >= 11 is 0. The van der Waals surface area contributed by atoms with Gasteiger partial charge < -0.3 is 15.0 Å². The van der Waals surface area contributed by atoms with Gasteiger partial charge in [0.1, 0.15) is 6.61 Å². The van der Waals surface area contributed by atoms with Crippen molar-refractivity contribution in [2.75, 3.05) is 16.8 Å². The molecule has 2 aliphatic heterocycles. The number of cyclic esters (lactones) is 1. The van der Waals surface area contributed by atoms with Gasteiger partial charge in [0.25, 0.3) is 0 Å². The second-order valence-electron chi connectivity index (χ2n) is 9.06. The van der Waals surface area contributed by atoms with E-state index in [4.69, 9.17) is 4.74 Å². The second-order valence-corrected chi connectivity index (χ2v) is 9.06. The molecule has 0 bridgehead atoms. The van der Waals surface area contributed by atoms with Crippen molar-refractivity contribution in [3.05, 3.63) is 41.5 Å². The zero-order valence-corrected chi connectivity index (χ0v) is 18.2. The fourth-order valence-corrected chi connectivity index (χ4v) is 5.12. The fraction of sp³-hybridized carbons (Fsp3) is 0.500. The standard InChI is InChI=1S/C22H24F3N5O3/c1-11(2)19-10-33-22(32)29(19)17-8-26-30-16-5-3-4-15(16)28(9-18(17)30)21(31)27-12-6-13(23)20(25)14(24)7-12/h6-8,11,15-16,19H,3-5,9-10H2,1-2H3,(H,27,31)/t15-,16+,19+/m0/s1. The van der Waals surface area contributed by atoms with E-state index in [1.807, 2.05) is 18.5 Å². The average Bonchev–Trinajstić information content (AvgIpc) is 3.48. The monoisotopic (exact) mass is 463 g/mol. The molecule has 2 aromatic rings. The predicted molar refractivity (Wildman–Crippen MR) is 112 cm³/mol. The molecule has 0 unspecified atom stereocenters. The van der Waals surface area contributed by atoms with Crippen molar-refractivity contribution in [2.24, 2.45) is 5.92 Å². The Morgan fingerprint density at radius 2 is 1.88 bits per heavy atom. The van der Waals surface area contributed by atoms with Crippen LogP contribution in [-0.2, 0) is 11.3 Å². The molecule has 33 heavy (non-hydrogen) atoms. The van der Waals surface area contributed by atoms with Crippen molar-refractivity contribution in [1.29, 1.82) is 0 Å². The first-order valence-corrected chi connectivity index (χ1v) is 11.0. The largest absolute Gasteiger partial charge is 0.447 e. The lowest BCUT2D eigenvalue weighted by atomic mass is 10.0. The number of carbonyl (C=O) groups excluding carboxylic acids is 2. The number of hydrogen-bond donors (Lipinski definition) is 1. The highest BCUT2D eigenvalue weighted by Gasteiger charge is 2.45. The van der Waals surface area contributed by atoms with Crippen LogP contribution in [0, 0.1) is 23.4 Å². The highest BCUT2D eigenvalue weighted by atomic mass is 19.2. The smallest absolute Gasteiger partial charge is 0.414 e. The first kappa shape index (κ1) is 21.6. The van der Waals surface area contributed by atoms with Crippen LogP contribution in [-0.4, -0.2) is 45.5 Å². The SMILES string of the molecule is CC(C)[C@H]1COC(=O)N1c1cnn2c1CN(C(=O)Nc1cc(F)c(F)c(F)c1)[C@H]1CCC[C@H]12. The number of hydrogen-bond acceptors (Lipinski definition) is 4. The normalized spacial score (nSPS) is 24.2. The van der Waals surface area contributed by atoms with Crippen LogP contribution in [0.15, 0.2) is 18.3 Å². The van der Waals surface area contributed by atoms with Gasteiger partial charge in [-0.15, -0.1) is 0 Å². The molecular formula is C22H24F3N5O3. The Labute approximate surface area is 188 Å². The van der Waals surface area contributed by atoms with E-state index >= 15 is 0 Å². The topological polar surface area (TPSA) is 79.7 Å². The van der Waals surface area contributed by atoms with Crippen molar-refractivity contribution >= 4 is 23.5 Å². The Hall–Kier alpha value is -3.24. The van der Waals surface area contributed by atoms with E-state index in [0.29, 0.717) is 11.4 Å². The number of halogens is 3. The molecule has 2 fully saturated rings. The first-order valence-electron chi connectivity index (χ1n) is 11.0. The molecule has 5 rings (SSSR count). The van der Waals surface area contributed by atoms with E-state index in [-0.39, 0.29) is 42.9 Å². The Morgan fingerprint density at radius 3 is 2.58 bits per heavy atom. The molecule has 0 spiro atoms. The number of fused-ring (bicyclic) bond motifs is 3. The summed E-state index contributed by atoms with van der Waals surface area (Å²) in [6.07, 6.45) is 3.62. The summed E-state index contributed by atoms with van der Waals surface area (Å²) in [4.78, 5) is 28.9. The summed E-state index contributed by atoms with van der Waals surface area (Å²) < 4.78 is 47.7. The number of anilines is 2. The molecule has 0 radical (unpaired) electrons. The van der Waals surface area contributed by atoms with Gasteiger partial charge in [-0.1, -0.05) is 13.8 Å². The Balaban J connectivity index is 1.47. The lowest BCUT2D eigenvalue weighted by Crippen LogP contribution is -2.49. The minimum atomic E-state index is -1.59. The third kappa shape index (κ3) is 3.50. The second kappa shape index (κ2) is 7.96. The van der Waals surface area contributed by atoms with Crippen molar-refractivity contribution in [3.8, 4) is 0 Å². The Bertz CT molecular complexity index is 1100. The number of nitrogens with zero attached hydrogens (tertiary/aromatic N) is 4. The molecule has 1 saturated carbocycles. The highest BCUT2D eigenvalue weighted by Crippen LogP contribution is 2.42. The molecule has 1 N–H and O–H groups in total. The fourth-order valence-electron chi connectivity index (χ4n) is 5.12. The number of benzene rings is 1. The number of aromatic nitrogens is 2. The average molecular weight is 463 g/mol. The van der Waals surface area contributed by atoms with Crippen molar-refractivity contribution in [1.82, 2.24) is 14.7 Å². The number of urea groups is 1. The zero-order chi connectivity index (χ0) is 23.4. The molecule has 8 nitrogen and oxygen atoms in total. The minimum Gasteiger partial charge on any atom is -0.447 e. The van der Waals surface area contributed by atoms with Crippen LogP contribution in [0.4, 0.5) is 34.1 Å². The van der Waals surface area contributed by atoms with Gasteiger partial charge in [-0.05, 0) is 25.2 Å². The van der Waals surface area contributed by atoms with E-state index in [1.165, 1.54) is 0 Å². The van der Waals surface area contributed by atoms with Crippen LogP contribution in [0.2, 0.25) is 0 Å². The third-order valence-electron chi connectivity index (χ3n) is 6.79. The first-order chi connectivity index (χ1) is 15.8. The molecule has 3 heterocycles. The lowest BCUT2D eigenvalue weighted by Gasteiger charge is -2.39. The maximum atomic E-state index is 13.6. The van der Waals surface area contributed by atoms with Crippen molar-refractivity contribution < 1.29 is 27.5 Å². The minimum absolute atomic E-state index is 0.0777. The van der Waals surface area contributed by atoms with Crippen LogP contribution in [0.3, 0.4) is 0 Å². The quantitative estimate of drug-likeness (QED) is 0.684. The van der Waals surface area contributed by atoms with Gasteiger partial charge in [-0.25, -0.2) is 22.8 Å². The molecular weight excluding hydrogens is 439 g/mol. The summed E-state index contributed by atoms with van der Waals surface area (Å²) in [5.74, 6) is -4.20. The molecule has 176 valence electrons. The molecule has 11 heteroatoms. The number of ether oxygens (including phenoxy) is 1. The van der Waals surface area contributed by atoms with Crippen LogP contribution in [0.5, 0.6) is 0 Å². The van der Waals surface area contributed by atoms with E-state index in [9.17, 15) is 22.8 Å². The molecule has 1 aliphatic carbocycles. The molecule has 3 amide bonds. The van der Waals surface area contributed by atoms with Crippen molar-refractivity contribution in [3.63, 3.8) is 0 Å². The van der Waals surface area contributed by atoms with E-state index in [2.05, 4.69) is 10.4 Å². The summed E-state index contributed by atoms with van der Waals surface area (Å²) in [6, 6.07) is 0.545. The molecule has 3 atom stereocenters. The van der Waals surface area contributed by atoms with Crippen LogP contribution in [0.25, 0.3) is 0 Å². The van der Waals surface area contributed by atoms with Gasteiger partial charge in [0.2, 0.25) is 0 Å². The number of amides is 3. The molecule has 1 aromatic heterocycles. The maximum Gasteiger partial charge on any atom is 0.414 e. The maximum absolute atomic E-state index is 13.6. The third-order valence-corrected chi connectivity index (χ3v) is 6.79. The lowest BCUT2D eigenvalue weighted by molar-refractivity contribution is 0.138. The van der Waals surface area contributed by atoms with Gasteiger partial charge in [-0.2, -0.15) is 5.10 Å². The summed E-state index contributed by atoms with van der Waals surface area (Å²) in [6.45, 7) is 4.44. The van der Waals surface area contributed by atoms with Gasteiger partial charge in [0, 0.05) is 17.8 Å². The summed E-state index contributed by atoms with van der Waals surface area (Å²) in [7, 11) is 0. The van der Waals surface area contributed by atoms with Crippen LogP contribution in [0.1, 0.15) is 44.8 Å². The molecule has 1 aromatic carbocycles. The Kier molecular flexibility index (Phi) is 5.21. The number of nitrogens with one attached hydrogen (secondary N) is 1. The van der Waals surface area contributed by atoms with Gasteiger partial charge in [-0.3, -0.25) is 9.58 Å². The summed E-state index contributed by atoms with van der Waals surface area (Å²) in [5, 5.41) is 7.04. The van der Waals surface area contributed by atoms with E-state index in [1.54, 1.807) is 16.0 Å². The van der Waals surface area contributed by atoms with Crippen LogP contribution < -0.4 is 10.2 Å². The molecule has 3 aliphatic rings. The van der Waals surface area contributed by atoms with Gasteiger partial charge in [0.15, 0.2) is 17.5 Å². The highest BCUT2D eigenvalue weighted by molar-refractivity contribution is 5.92. The van der Waals surface area contributed by atoms with E-state index < -0.39 is 29.6 Å².